The highest BCUT2D eigenvalue weighted by atomic mass is 16.7. The lowest BCUT2D eigenvalue weighted by Crippen LogP contribution is -2.14. The molecule has 5 nitrogen and oxygen atoms in total. The number of ketones is 1. The first-order valence-electron chi connectivity index (χ1n) is 7.86. The lowest BCUT2D eigenvalue weighted by molar-refractivity contribution is 0.101. The van der Waals surface area contributed by atoms with Crippen molar-refractivity contribution in [1.82, 2.24) is 0 Å². The van der Waals surface area contributed by atoms with Crippen molar-refractivity contribution in [3.8, 4) is 11.5 Å². The van der Waals surface area contributed by atoms with Gasteiger partial charge < -0.3 is 14.8 Å². The van der Waals surface area contributed by atoms with Gasteiger partial charge in [0.2, 0.25) is 6.79 Å². The summed E-state index contributed by atoms with van der Waals surface area (Å²) in [5, 5.41) is 4.85. The van der Waals surface area contributed by atoms with Gasteiger partial charge in [0.15, 0.2) is 17.3 Å². The Morgan fingerprint density at radius 1 is 0.920 bits per heavy atom. The second-order valence-corrected chi connectivity index (χ2v) is 5.82. The molecule has 1 amide bonds. The minimum atomic E-state index is -0.285. The van der Waals surface area contributed by atoms with Crippen LogP contribution < -0.4 is 14.8 Å². The van der Waals surface area contributed by atoms with Gasteiger partial charge in [0.1, 0.15) is 0 Å². The molecule has 0 atom stereocenters. The van der Waals surface area contributed by atoms with Crippen LogP contribution in [0.5, 0.6) is 11.5 Å². The van der Waals surface area contributed by atoms with Crippen molar-refractivity contribution >= 4 is 28.2 Å². The van der Waals surface area contributed by atoms with E-state index in [0.29, 0.717) is 28.3 Å². The van der Waals surface area contributed by atoms with Crippen molar-refractivity contribution in [2.75, 3.05) is 12.1 Å². The highest BCUT2D eigenvalue weighted by Crippen LogP contribution is 2.37. The molecule has 0 fully saturated rings. The number of hydrogen-bond acceptors (Lipinski definition) is 4. The highest BCUT2D eigenvalue weighted by molar-refractivity contribution is 6.10. The third kappa shape index (κ3) is 2.80. The van der Waals surface area contributed by atoms with E-state index in [1.807, 2.05) is 36.4 Å². The van der Waals surface area contributed by atoms with Crippen molar-refractivity contribution in [1.29, 1.82) is 0 Å². The van der Waals surface area contributed by atoms with Crippen molar-refractivity contribution in [2.24, 2.45) is 0 Å². The second-order valence-electron chi connectivity index (χ2n) is 5.82. The summed E-state index contributed by atoms with van der Waals surface area (Å²) in [5.41, 5.74) is 1.32. The number of hydrogen-bond donors (Lipinski definition) is 1. The van der Waals surface area contributed by atoms with Gasteiger partial charge in [0, 0.05) is 17.2 Å². The van der Waals surface area contributed by atoms with Crippen LogP contribution in [0, 0.1) is 0 Å². The molecule has 3 aromatic carbocycles. The normalized spacial score (nSPS) is 12.2. The zero-order valence-electron chi connectivity index (χ0n) is 13.5. The Kier molecular flexibility index (Phi) is 3.61. The maximum absolute atomic E-state index is 12.6. The number of Topliss-reactive ketones (excluding diaryl/α,β-unsaturated/α-hetero) is 1. The molecule has 0 aliphatic carbocycles. The molecule has 0 unspecified atom stereocenters. The Balaban J connectivity index is 1.69. The summed E-state index contributed by atoms with van der Waals surface area (Å²) in [7, 11) is 0. The fraction of sp³-hybridized carbons (Fsp3) is 0.100. The van der Waals surface area contributed by atoms with Crippen molar-refractivity contribution in [3.63, 3.8) is 0 Å². The summed E-state index contributed by atoms with van der Waals surface area (Å²) >= 11 is 0. The maximum Gasteiger partial charge on any atom is 0.255 e. The van der Waals surface area contributed by atoms with Crippen LogP contribution in [-0.4, -0.2) is 18.5 Å². The number of rotatable bonds is 3. The summed E-state index contributed by atoms with van der Waals surface area (Å²) in [6.45, 7) is 1.55. The Labute approximate surface area is 144 Å². The fourth-order valence-corrected chi connectivity index (χ4v) is 2.86. The molecule has 1 heterocycles. The standard InChI is InChI=1S/C20H15NO4/c1-12(22)16-9-18-19(25-11-24-18)10-17(16)21-20(23)15-7-6-13-4-2-3-5-14(13)8-15/h2-10H,11H2,1H3,(H,21,23). The van der Waals surface area contributed by atoms with Gasteiger partial charge in [-0.3, -0.25) is 9.59 Å². The van der Waals surface area contributed by atoms with Crippen LogP contribution in [0.1, 0.15) is 27.6 Å². The van der Waals surface area contributed by atoms with E-state index in [-0.39, 0.29) is 18.5 Å². The van der Waals surface area contributed by atoms with Crippen molar-refractivity contribution < 1.29 is 19.1 Å². The van der Waals surface area contributed by atoms with E-state index in [4.69, 9.17) is 9.47 Å². The molecule has 1 aliphatic rings. The molecule has 1 N–H and O–H groups in total. The molecule has 0 saturated heterocycles. The molecule has 5 heteroatoms. The van der Waals surface area contributed by atoms with E-state index >= 15 is 0 Å². The van der Waals surface area contributed by atoms with Gasteiger partial charge in [0.05, 0.1) is 5.69 Å². The minimum absolute atomic E-state index is 0.106. The number of carbonyl (C=O) groups excluding carboxylic acids is 2. The van der Waals surface area contributed by atoms with Crippen LogP contribution >= 0.6 is 0 Å². The Morgan fingerprint density at radius 3 is 2.40 bits per heavy atom. The molecule has 124 valence electrons. The highest BCUT2D eigenvalue weighted by Gasteiger charge is 2.20. The van der Waals surface area contributed by atoms with E-state index in [9.17, 15) is 9.59 Å². The van der Waals surface area contributed by atoms with Gasteiger partial charge in [-0.05, 0) is 35.9 Å². The van der Waals surface area contributed by atoms with Crippen LogP contribution in [0.4, 0.5) is 5.69 Å². The molecule has 3 aromatic rings. The quantitative estimate of drug-likeness (QED) is 0.735. The number of nitrogens with one attached hydrogen (secondary N) is 1. The molecule has 25 heavy (non-hydrogen) atoms. The molecular formula is C20H15NO4. The summed E-state index contributed by atoms with van der Waals surface area (Å²) in [6, 6.07) is 16.5. The summed E-state index contributed by atoms with van der Waals surface area (Å²) in [6.07, 6.45) is 0. The van der Waals surface area contributed by atoms with Gasteiger partial charge in [-0.15, -0.1) is 0 Å². The fourth-order valence-electron chi connectivity index (χ4n) is 2.86. The number of carbonyl (C=O) groups is 2. The van der Waals surface area contributed by atoms with E-state index in [2.05, 4.69) is 5.32 Å². The molecule has 4 rings (SSSR count). The monoisotopic (exact) mass is 333 g/mol. The molecule has 0 saturated carbocycles. The largest absolute Gasteiger partial charge is 0.454 e. The predicted molar refractivity (Wildman–Crippen MR) is 94.5 cm³/mol. The topological polar surface area (TPSA) is 64.6 Å². The minimum Gasteiger partial charge on any atom is -0.454 e. The van der Waals surface area contributed by atoms with Crippen LogP contribution in [0.2, 0.25) is 0 Å². The smallest absolute Gasteiger partial charge is 0.255 e. The van der Waals surface area contributed by atoms with Crippen LogP contribution in [-0.2, 0) is 0 Å². The molecule has 0 spiro atoms. The van der Waals surface area contributed by atoms with Gasteiger partial charge in [-0.25, -0.2) is 0 Å². The van der Waals surface area contributed by atoms with E-state index in [0.717, 1.165) is 10.8 Å². The zero-order chi connectivity index (χ0) is 17.4. The first-order valence-corrected chi connectivity index (χ1v) is 7.86. The van der Waals surface area contributed by atoms with Crippen molar-refractivity contribution in [2.45, 2.75) is 6.92 Å². The van der Waals surface area contributed by atoms with Gasteiger partial charge in [-0.2, -0.15) is 0 Å². The van der Waals surface area contributed by atoms with Crippen LogP contribution in [0.15, 0.2) is 54.6 Å². The van der Waals surface area contributed by atoms with Crippen LogP contribution in [0.3, 0.4) is 0 Å². The average molecular weight is 333 g/mol. The molecule has 0 radical (unpaired) electrons. The van der Waals surface area contributed by atoms with Gasteiger partial charge in [-0.1, -0.05) is 30.3 Å². The molecule has 0 aromatic heterocycles. The maximum atomic E-state index is 12.6. The summed E-state index contributed by atoms with van der Waals surface area (Å²) in [4.78, 5) is 24.5. The van der Waals surface area contributed by atoms with E-state index < -0.39 is 0 Å². The molecular weight excluding hydrogens is 318 g/mol. The lowest BCUT2D eigenvalue weighted by Gasteiger charge is -2.11. The number of fused-ring (bicyclic) bond motifs is 2. The lowest BCUT2D eigenvalue weighted by atomic mass is 10.1. The van der Waals surface area contributed by atoms with E-state index in [1.165, 1.54) is 6.92 Å². The predicted octanol–water partition coefficient (Wildman–Crippen LogP) is 4.02. The number of amides is 1. The molecule has 0 bridgehead atoms. The van der Waals surface area contributed by atoms with Crippen LogP contribution in [0.25, 0.3) is 10.8 Å². The summed E-state index contributed by atoms with van der Waals surface area (Å²) < 4.78 is 10.6. The number of benzene rings is 3. The average Bonchev–Trinajstić information content (AvgIpc) is 3.07. The zero-order valence-corrected chi connectivity index (χ0v) is 13.5. The first-order chi connectivity index (χ1) is 12.1. The Hall–Kier alpha value is -3.34. The second kappa shape index (κ2) is 5.94. The SMILES string of the molecule is CC(=O)c1cc2c(cc1NC(=O)c1ccc3ccccc3c1)OCO2. The third-order valence-electron chi connectivity index (χ3n) is 4.15. The number of anilines is 1. The van der Waals surface area contributed by atoms with Gasteiger partial charge >= 0.3 is 0 Å². The van der Waals surface area contributed by atoms with E-state index in [1.54, 1.807) is 18.2 Å². The third-order valence-corrected chi connectivity index (χ3v) is 4.15. The molecule has 1 aliphatic heterocycles. The Morgan fingerprint density at radius 2 is 1.64 bits per heavy atom. The van der Waals surface area contributed by atoms with Gasteiger partial charge in [0.25, 0.3) is 5.91 Å². The summed E-state index contributed by atoms with van der Waals surface area (Å²) in [5.74, 6) is 0.576. The van der Waals surface area contributed by atoms with Crippen molar-refractivity contribution in [3.05, 3.63) is 65.7 Å². The first kappa shape index (κ1) is 15.2. The number of ether oxygens (including phenoxy) is 2. The Bertz CT molecular complexity index is 1010.